The fourth-order valence-corrected chi connectivity index (χ4v) is 4.57. The number of phenols is 1. The van der Waals surface area contributed by atoms with Gasteiger partial charge in [0.25, 0.3) is 0 Å². The van der Waals surface area contributed by atoms with Gasteiger partial charge < -0.3 is 14.9 Å². The molecule has 9 heteroatoms. The third kappa shape index (κ3) is 3.54. The number of halogens is 1. The van der Waals surface area contributed by atoms with Gasteiger partial charge in [-0.05, 0) is 36.5 Å². The summed E-state index contributed by atoms with van der Waals surface area (Å²) >= 11 is 6.30. The van der Waals surface area contributed by atoms with Crippen LogP contribution in [-0.2, 0) is 4.79 Å². The van der Waals surface area contributed by atoms with Gasteiger partial charge in [0.2, 0.25) is 11.9 Å². The first-order chi connectivity index (χ1) is 14.5. The highest BCUT2D eigenvalue weighted by molar-refractivity contribution is 6.31. The number of anilines is 1. The molecule has 3 aliphatic rings. The first-order valence-corrected chi connectivity index (χ1v) is 10.8. The highest BCUT2D eigenvalue weighted by atomic mass is 35.5. The minimum atomic E-state index is 0.00919. The van der Waals surface area contributed by atoms with Crippen LogP contribution in [0.15, 0.2) is 31.1 Å². The van der Waals surface area contributed by atoms with Crippen molar-refractivity contribution in [3.8, 4) is 11.4 Å². The second kappa shape index (κ2) is 7.59. The number of hydrogen-bond donors (Lipinski definition) is 1. The summed E-state index contributed by atoms with van der Waals surface area (Å²) in [5.41, 5.74) is 1.68. The van der Waals surface area contributed by atoms with Gasteiger partial charge >= 0.3 is 0 Å². The zero-order chi connectivity index (χ0) is 20.8. The molecule has 0 bridgehead atoms. The fourth-order valence-electron chi connectivity index (χ4n) is 4.26. The van der Waals surface area contributed by atoms with Crippen molar-refractivity contribution in [3.05, 3.63) is 41.7 Å². The van der Waals surface area contributed by atoms with E-state index in [0.29, 0.717) is 28.6 Å². The van der Waals surface area contributed by atoms with Crippen molar-refractivity contribution in [1.82, 2.24) is 24.6 Å². The topological polar surface area (TPSA) is 77.7 Å². The maximum Gasteiger partial charge on any atom is 0.246 e. The molecule has 3 fully saturated rings. The highest BCUT2D eigenvalue weighted by Gasteiger charge is 2.35. The Balaban J connectivity index is 1.23. The van der Waals surface area contributed by atoms with Crippen molar-refractivity contribution in [2.24, 2.45) is 0 Å². The Morgan fingerprint density at radius 1 is 1.20 bits per heavy atom. The first-order valence-electron chi connectivity index (χ1n) is 10.4. The van der Waals surface area contributed by atoms with Gasteiger partial charge in [-0.2, -0.15) is 4.98 Å². The molecule has 1 aliphatic carbocycles. The maximum atomic E-state index is 11.6. The number of carbonyl (C=O) groups excluding carboxylic acids is 1. The van der Waals surface area contributed by atoms with E-state index in [1.165, 1.54) is 6.08 Å². The molecule has 3 heterocycles. The van der Waals surface area contributed by atoms with E-state index in [2.05, 4.69) is 26.5 Å². The number of piperazine rings is 1. The van der Waals surface area contributed by atoms with E-state index in [9.17, 15) is 9.90 Å². The van der Waals surface area contributed by atoms with Crippen molar-refractivity contribution >= 4 is 23.5 Å². The molecular formula is C21H25ClN6O2. The molecule has 2 aromatic rings. The smallest absolute Gasteiger partial charge is 0.246 e. The van der Waals surface area contributed by atoms with E-state index >= 15 is 0 Å². The average Bonchev–Trinajstić information content (AvgIpc) is 3.43. The van der Waals surface area contributed by atoms with Crippen LogP contribution in [0.1, 0.15) is 24.3 Å². The summed E-state index contributed by atoms with van der Waals surface area (Å²) in [6.07, 6.45) is 5.29. The Morgan fingerprint density at radius 2 is 1.93 bits per heavy atom. The Labute approximate surface area is 180 Å². The average molecular weight is 429 g/mol. The molecule has 1 aromatic carbocycles. The minimum absolute atomic E-state index is 0.00919. The molecule has 8 nitrogen and oxygen atoms in total. The quantitative estimate of drug-likeness (QED) is 0.734. The van der Waals surface area contributed by atoms with Crippen molar-refractivity contribution in [1.29, 1.82) is 0 Å². The Morgan fingerprint density at radius 3 is 2.60 bits per heavy atom. The van der Waals surface area contributed by atoms with Gasteiger partial charge in [-0.1, -0.05) is 18.2 Å². The van der Waals surface area contributed by atoms with Crippen LogP contribution in [0.25, 0.3) is 5.69 Å². The second-order valence-electron chi connectivity index (χ2n) is 8.25. The predicted molar refractivity (Wildman–Crippen MR) is 114 cm³/mol. The monoisotopic (exact) mass is 428 g/mol. The number of amides is 1. The largest absolute Gasteiger partial charge is 0.506 e. The van der Waals surface area contributed by atoms with E-state index in [0.717, 1.165) is 57.7 Å². The second-order valence-corrected chi connectivity index (χ2v) is 8.66. The lowest BCUT2D eigenvalue weighted by Crippen LogP contribution is -2.64. The molecule has 5 rings (SSSR count). The van der Waals surface area contributed by atoms with Gasteiger partial charge in [-0.3, -0.25) is 9.69 Å². The predicted octanol–water partition coefficient (Wildman–Crippen LogP) is 2.02. The number of likely N-dealkylation sites (tertiary alicyclic amines) is 1. The van der Waals surface area contributed by atoms with Crippen LogP contribution in [0.4, 0.5) is 5.95 Å². The van der Waals surface area contributed by atoms with Crippen LogP contribution in [0, 0.1) is 0 Å². The fraction of sp³-hybridized carbons (Fsp3) is 0.476. The van der Waals surface area contributed by atoms with Gasteiger partial charge in [0.15, 0.2) is 0 Å². The Hall–Kier alpha value is -2.58. The van der Waals surface area contributed by atoms with Crippen LogP contribution in [0.2, 0.25) is 5.02 Å². The van der Waals surface area contributed by atoms with Crippen molar-refractivity contribution < 1.29 is 9.90 Å². The molecular weight excluding hydrogens is 404 g/mol. The first kappa shape index (κ1) is 19.4. The van der Waals surface area contributed by atoms with Gasteiger partial charge in [-0.25, -0.2) is 4.68 Å². The molecule has 1 N–H and O–H groups in total. The summed E-state index contributed by atoms with van der Waals surface area (Å²) in [5, 5.41) is 15.6. The van der Waals surface area contributed by atoms with E-state index in [1.54, 1.807) is 17.1 Å². The summed E-state index contributed by atoms with van der Waals surface area (Å²) in [5.74, 6) is 1.26. The normalized spacial score (nSPS) is 20.3. The highest BCUT2D eigenvalue weighted by Crippen LogP contribution is 2.45. The van der Waals surface area contributed by atoms with E-state index in [1.807, 2.05) is 11.0 Å². The van der Waals surface area contributed by atoms with Crippen LogP contribution < -0.4 is 4.90 Å². The van der Waals surface area contributed by atoms with Crippen LogP contribution >= 0.6 is 11.6 Å². The van der Waals surface area contributed by atoms with E-state index in [4.69, 9.17) is 11.6 Å². The number of rotatable bonds is 5. The molecule has 158 valence electrons. The van der Waals surface area contributed by atoms with Gasteiger partial charge in [-0.15, -0.1) is 5.10 Å². The van der Waals surface area contributed by atoms with E-state index < -0.39 is 0 Å². The molecule has 0 radical (unpaired) electrons. The van der Waals surface area contributed by atoms with E-state index in [-0.39, 0.29) is 11.7 Å². The molecule has 1 aromatic heterocycles. The number of benzene rings is 1. The van der Waals surface area contributed by atoms with Gasteiger partial charge in [0.1, 0.15) is 17.8 Å². The number of aromatic nitrogens is 3. The lowest BCUT2D eigenvalue weighted by molar-refractivity contribution is -0.133. The summed E-state index contributed by atoms with van der Waals surface area (Å²) in [6, 6.07) is 3.95. The van der Waals surface area contributed by atoms with Crippen molar-refractivity contribution in [2.75, 3.05) is 44.2 Å². The Bertz CT molecular complexity index is 974. The molecule has 0 unspecified atom stereocenters. The summed E-state index contributed by atoms with van der Waals surface area (Å²) in [7, 11) is 0. The third-order valence-electron chi connectivity index (χ3n) is 6.30. The number of phenolic OH excluding ortho intramolecular Hbond substituents is 1. The molecule has 1 amide bonds. The lowest BCUT2D eigenvalue weighted by atomic mass is 10.1. The van der Waals surface area contributed by atoms with Crippen LogP contribution in [0.5, 0.6) is 5.75 Å². The van der Waals surface area contributed by atoms with Gasteiger partial charge in [0.05, 0.1) is 0 Å². The number of hydrogen-bond acceptors (Lipinski definition) is 6. The number of carbonyl (C=O) groups is 1. The summed E-state index contributed by atoms with van der Waals surface area (Å²) in [4.78, 5) is 22.5. The zero-order valence-electron chi connectivity index (χ0n) is 16.7. The minimum Gasteiger partial charge on any atom is -0.506 e. The zero-order valence-corrected chi connectivity index (χ0v) is 17.5. The molecule has 0 spiro atoms. The molecule has 0 atom stereocenters. The van der Waals surface area contributed by atoms with Crippen molar-refractivity contribution in [3.63, 3.8) is 0 Å². The standard InChI is InChI=1S/C21H25ClN6O2/c1-2-20(30)27-11-15(12-27)25-5-7-26(8-6-25)21-23-13-28(24-21)18-9-16(14-3-4-14)17(22)10-19(18)29/h2,9-10,13-15,29H,1,3-8,11-12H2. The third-order valence-corrected chi connectivity index (χ3v) is 6.63. The molecule has 2 aliphatic heterocycles. The molecule has 2 saturated heterocycles. The summed E-state index contributed by atoms with van der Waals surface area (Å²) < 4.78 is 1.63. The summed E-state index contributed by atoms with van der Waals surface area (Å²) in [6.45, 7) is 8.57. The van der Waals surface area contributed by atoms with Crippen LogP contribution in [0.3, 0.4) is 0 Å². The molecule has 30 heavy (non-hydrogen) atoms. The number of nitrogens with zero attached hydrogens (tertiary/aromatic N) is 6. The SMILES string of the molecule is C=CC(=O)N1CC(N2CCN(c3ncn(-c4cc(C5CC5)c(Cl)cc4O)n3)CC2)C1. The lowest BCUT2D eigenvalue weighted by Gasteiger charge is -2.47. The maximum absolute atomic E-state index is 11.6. The Kier molecular flexibility index (Phi) is 4.91. The van der Waals surface area contributed by atoms with Crippen LogP contribution in [-0.4, -0.2) is 80.9 Å². The number of aromatic hydroxyl groups is 1. The molecule has 1 saturated carbocycles. The van der Waals surface area contributed by atoms with Gasteiger partial charge in [0, 0.05) is 56.4 Å². The van der Waals surface area contributed by atoms with Crippen molar-refractivity contribution in [2.45, 2.75) is 24.8 Å².